The van der Waals surface area contributed by atoms with Gasteiger partial charge in [0.1, 0.15) is 6.07 Å². The van der Waals surface area contributed by atoms with Gasteiger partial charge >= 0.3 is 0 Å². The molecule has 2 aromatic rings. The maximum atomic E-state index is 8.77. The Hall–Kier alpha value is -3.13. The van der Waals surface area contributed by atoms with E-state index in [4.69, 9.17) is 16.4 Å². The Labute approximate surface area is 129 Å². The molecule has 0 aliphatic heterocycles. The quantitative estimate of drug-likeness (QED) is 0.458. The Bertz CT molecular complexity index is 767. The highest BCUT2D eigenvalue weighted by Gasteiger charge is 2.02. The Morgan fingerprint density at radius 1 is 1.09 bits per heavy atom. The molecule has 0 amide bonds. The van der Waals surface area contributed by atoms with Crippen LogP contribution in [0.25, 0.3) is 11.1 Å². The summed E-state index contributed by atoms with van der Waals surface area (Å²) in [5.74, 6) is -0.359. The third-order valence-corrected chi connectivity index (χ3v) is 3.38. The molecule has 0 atom stereocenters. The van der Waals surface area contributed by atoms with E-state index in [0.717, 1.165) is 16.8 Å². The molecule has 0 heterocycles. The summed E-state index contributed by atoms with van der Waals surface area (Å²) >= 11 is 0. The van der Waals surface area contributed by atoms with Gasteiger partial charge in [-0.25, -0.2) is 0 Å². The predicted octanol–water partition coefficient (Wildman–Crippen LogP) is 3.20. The number of hydrazone groups is 1. The van der Waals surface area contributed by atoms with Gasteiger partial charge in [0, 0.05) is 0 Å². The van der Waals surface area contributed by atoms with Crippen LogP contribution < -0.4 is 11.2 Å². The van der Waals surface area contributed by atoms with Crippen molar-refractivity contribution in [2.75, 3.05) is 5.43 Å². The van der Waals surface area contributed by atoms with Crippen molar-refractivity contribution in [3.8, 4) is 17.2 Å². The number of nitriles is 1. The van der Waals surface area contributed by atoms with Gasteiger partial charge in [0.05, 0.1) is 5.69 Å². The van der Waals surface area contributed by atoms with Crippen LogP contribution in [0, 0.1) is 30.6 Å². The summed E-state index contributed by atoms with van der Waals surface area (Å²) in [7, 11) is 0. The highest BCUT2D eigenvalue weighted by Crippen LogP contribution is 2.23. The Morgan fingerprint density at radius 2 is 1.73 bits per heavy atom. The third-order valence-electron chi connectivity index (χ3n) is 3.38. The molecule has 0 bridgehead atoms. The third kappa shape index (κ3) is 3.49. The summed E-state index contributed by atoms with van der Waals surface area (Å²) in [4.78, 5) is 0. The van der Waals surface area contributed by atoms with Crippen LogP contribution in [0.4, 0.5) is 5.69 Å². The summed E-state index contributed by atoms with van der Waals surface area (Å²) in [6.07, 6.45) is 0. The first kappa shape index (κ1) is 15.3. The van der Waals surface area contributed by atoms with Crippen molar-refractivity contribution in [3.63, 3.8) is 0 Å². The van der Waals surface area contributed by atoms with Crippen LogP contribution in [0.15, 0.2) is 47.6 Å². The first-order chi connectivity index (χ1) is 10.5. The fraction of sp³-hybridized carbons (Fsp3) is 0.118. The molecule has 0 saturated carbocycles. The van der Waals surface area contributed by atoms with E-state index in [1.807, 2.05) is 24.3 Å². The number of hydrogen-bond acceptors (Lipinski definition) is 4. The van der Waals surface area contributed by atoms with E-state index in [2.05, 4.69) is 42.6 Å². The number of hydrogen-bond donors (Lipinski definition) is 3. The fourth-order valence-electron chi connectivity index (χ4n) is 1.92. The van der Waals surface area contributed by atoms with Gasteiger partial charge in [-0.3, -0.25) is 10.8 Å². The molecule has 22 heavy (non-hydrogen) atoms. The molecule has 0 radical (unpaired) electrons. The van der Waals surface area contributed by atoms with Gasteiger partial charge < -0.3 is 5.73 Å². The number of benzene rings is 2. The summed E-state index contributed by atoms with van der Waals surface area (Å²) in [6.45, 7) is 4.18. The van der Waals surface area contributed by atoms with Gasteiger partial charge in [-0.1, -0.05) is 30.3 Å². The first-order valence-corrected chi connectivity index (χ1v) is 6.77. The highest BCUT2D eigenvalue weighted by molar-refractivity contribution is 6.45. The van der Waals surface area contributed by atoms with Crippen molar-refractivity contribution in [2.24, 2.45) is 10.8 Å². The lowest BCUT2D eigenvalue weighted by atomic mass is 10.0. The molecule has 2 aromatic carbocycles. The summed E-state index contributed by atoms with van der Waals surface area (Å²) in [5, 5.41) is 19.8. The lowest BCUT2D eigenvalue weighted by Crippen LogP contribution is -2.21. The van der Waals surface area contributed by atoms with E-state index >= 15 is 0 Å². The molecular weight excluding hydrogens is 274 g/mol. The molecule has 0 unspecified atom stereocenters. The van der Waals surface area contributed by atoms with Crippen molar-refractivity contribution in [3.05, 3.63) is 53.6 Å². The van der Waals surface area contributed by atoms with Gasteiger partial charge in [0.15, 0.2) is 5.84 Å². The molecule has 0 spiro atoms. The lowest BCUT2D eigenvalue weighted by Gasteiger charge is -2.07. The summed E-state index contributed by atoms with van der Waals surface area (Å²) in [6, 6.07) is 15.8. The Kier molecular flexibility index (Phi) is 4.54. The van der Waals surface area contributed by atoms with Crippen LogP contribution in [0.1, 0.15) is 11.1 Å². The van der Waals surface area contributed by atoms with Crippen LogP contribution in [0.5, 0.6) is 0 Å². The van der Waals surface area contributed by atoms with E-state index in [-0.39, 0.29) is 11.5 Å². The lowest BCUT2D eigenvalue weighted by molar-refractivity contribution is 1.33. The second-order valence-corrected chi connectivity index (χ2v) is 4.97. The number of nitrogens with two attached hydrogens (primary N) is 1. The molecular formula is C17H17N5. The molecule has 0 aromatic heterocycles. The van der Waals surface area contributed by atoms with Crippen molar-refractivity contribution in [1.82, 2.24) is 0 Å². The average Bonchev–Trinajstić information content (AvgIpc) is 2.51. The number of nitrogens with one attached hydrogen (secondary N) is 2. The summed E-state index contributed by atoms with van der Waals surface area (Å²) < 4.78 is 0. The SMILES string of the molecule is Cc1ccc(-c2ccc(N/N=C(\C#N)C(=N)N)cc2)cc1C. The van der Waals surface area contributed by atoms with Crippen LogP contribution in [-0.2, 0) is 0 Å². The van der Waals surface area contributed by atoms with Gasteiger partial charge in [0.25, 0.3) is 0 Å². The minimum atomic E-state index is -0.359. The van der Waals surface area contributed by atoms with E-state index in [1.54, 1.807) is 6.07 Å². The Morgan fingerprint density at radius 3 is 2.27 bits per heavy atom. The van der Waals surface area contributed by atoms with Crippen molar-refractivity contribution in [1.29, 1.82) is 10.7 Å². The monoisotopic (exact) mass is 291 g/mol. The summed E-state index contributed by atoms with van der Waals surface area (Å²) in [5.41, 5.74) is 13.3. The fourth-order valence-corrected chi connectivity index (χ4v) is 1.92. The largest absolute Gasteiger partial charge is 0.382 e. The molecule has 5 nitrogen and oxygen atoms in total. The highest BCUT2D eigenvalue weighted by atomic mass is 15.3. The van der Waals surface area contributed by atoms with Gasteiger partial charge in [-0.2, -0.15) is 10.4 Å². The predicted molar refractivity (Wildman–Crippen MR) is 89.9 cm³/mol. The van der Waals surface area contributed by atoms with Crippen molar-refractivity contribution < 1.29 is 0 Å². The maximum absolute atomic E-state index is 8.77. The van der Waals surface area contributed by atoms with Crippen LogP contribution in [-0.4, -0.2) is 11.5 Å². The van der Waals surface area contributed by atoms with Crippen molar-refractivity contribution in [2.45, 2.75) is 13.8 Å². The standard InChI is InChI=1S/C17H17N5/c1-11-3-4-14(9-12(11)2)13-5-7-15(8-6-13)21-22-16(10-18)17(19)20/h3-9,21H,1-2H3,(H3,19,20)/b22-16+. The number of aryl methyl sites for hydroxylation is 2. The first-order valence-electron chi connectivity index (χ1n) is 6.77. The van der Waals surface area contributed by atoms with Gasteiger partial charge in [-0.15, -0.1) is 0 Å². The maximum Gasteiger partial charge on any atom is 0.201 e. The normalized spacial score (nSPS) is 10.9. The average molecular weight is 291 g/mol. The minimum Gasteiger partial charge on any atom is -0.382 e. The van der Waals surface area contributed by atoms with E-state index in [0.29, 0.717) is 0 Å². The second kappa shape index (κ2) is 6.55. The zero-order valence-corrected chi connectivity index (χ0v) is 12.5. The molecule has 5 heteroatoms. The van der Waals surface area contributed by atoms with Gasteiger partial charge in [0.2, 0.25) is 5.71 Å². The topological polar surface area (TPSA) is 98.0 Å². The van der Waals surface area contributed by atoms with Crippen LogP contribution >= 0.6 is 0 Å². The molecule has 2 rings (SSSR count). The van der Waals surface area contributed by atoms with Crippen molar-refractivity contribution >= 4 is 17.2 Å². The van der Waals surface area contributed by atoms with Gasteiger partial charge in [-0.05, 0) is 48.2 Å². The zero-order chi connectivity index (χ0) is 16.1. The van der Waals surface area contributed by atoms with Crippen LogP contribution in [0.2, 0.25) is 0 Å². The van der Waals surface area contributed by atoms with E-state index < -0.39 is 0 Å². The Balaban J connectivity index is 2.19. The van der Waals surface area contributed by atoms with E-state index in [9.17, 15) is 0 Å². The smallest absolute Gasteiger partial charge is 0.201 e. The van der Waals surface area contributed by atoms with Crippen LogP contribution in [0.3, 0.4) is 0 Å². The number of rotatable bonds is 4. The molecule has 0 fully saturated rings. The molecule has 110 valence electrons. The number of nitrogens with zero attached hydrogens (tertiary/aromatic N) is 2. The van der Waals surface area contributed by atoms with E-state index in [1.165, 1.54) is 11.1 Å². The second-order valence-electron chi connectivity index (χ2n) is 4.97. The molecule has 0 aliphatic rings. The number of anilines is 1. The number of amidine groups is 1. The zero-order valence-electron chi connectivity index (χ0n) is 12.5. The molecule has 0 saturated heterocycles. The molecule has 4 N–H and O–H groups in total. The molecule has 0 aliphatic carbocycles. The minimum absolute atomic E-state index is 0.141.